The van der Waals surface area contributed by atoms with Crippen molar-refractivity contribution in [1.29, 1.82) is 0 Å². The van der Waals surface area contributed by atoms with Crippen LogP contribution in [0.15, 0.2) is 36.4 Å². The number of amides is 1. The van der Waals surface area contributed by atoms with Crippen molar-refractivity contribution >= 4 is 34.8 Å². The van der Waals surface area contributed by atoms with Crippen molar-refractivity contribution in [2.45, 2.75) is 18.9 Å². The fraction of sp³-hybridized carbons (Fsp3) is 0.188. The van der Waals surface area contributed by atoms with Gasteiger partial charge in [0.1, 0.15) is 6.10 Å². The van der Waals surface area contributed by atoms with Crippen molar-refractivity contribution < 1.29 is 9.90 Å². The molecule has 2 aromatic rings. The standard InChI is InChI=1S/C16H13Cl2NO2/c17-11-3-4-12(13(18)8-11)16(21)10-1-5-14-9(7-10)2-6-15(20)19-14/h1,3-5,7-8,16,21H,2,6H2,(H,19,20). The highest BCUT2D eigenvalue weighted by Gasteiger charge is 2.19. The average Bonchev–Trinajstić information content (AvgIpc) is 2.46. The third kappa shape index (κ3) is 2.91. The zero-order valence-electron chi connectivity index (χ0n) is 11.1. The molecule has 1 aliphatic rings. The van der Waals surface area contributed by atoms with E-state index in [1.807, 2.05) is 12.1 Å². The topological polar surface area (TPSA) is 49.3 Å². The summed E-state index contributed by atoms with van der Waals surface area (Å²) < 4.78 is 0. The van der Waals surface area contributed by atoms with Crippen LogP contribution >= 0.6 is 23.2 Å². The minimum atomic E-state index is -0.822. The lowest BCUT2D eigenvalue weighted by atomic mass is 9.95. The first-order valence-corrected chi connectivity index (χ1v) is 7.36. The molecule has 1 amide bonds. The lowest BCUT2D eigenvalue weighted by Crippen LogP contribution is -2.19. The number of aliphatic hydroxyl groups is 1. The van der Waals surface area contributed by atoms with Gasteiger partial charge in [-0.3, -0.25) is 4.79 Å². The second-order valence-electron chi connectivity index (χ2n) is 5.03. The van der Waals surface area contributed by atoms with Gasteiger partial charge in [0.25, 0.3) is 0 Å². The van der Waals surface area contributed by atoms with E-state index in [1.165, 1.54) is 0 Å². The van der Waals surface area contributed by atoms with Gasteiger partial charge in [-0.25, -0.2) is 0 Å². The van der Waals surface area contributed by atoms with Crippen LogP contribution in [0.1, 0.15) is 29.2 Å². The molecule has 0 aromatic heterocycles. The second kappa shape index (κ2) is 5.68. The van der Waals surface area contributed by atoms with Gasteiger partial charge in [0.15, 0.2) is 0 Å². The Morgan fingerprint density at radius 2 is 1.90 bits per heavy atom. The van der Waals surface area contributed by atoms with E-state index in [9.17, 15) is 9.90 Å². The molecule has 1 heterocycles. The van der Waals surface area contributed by atoms with Gasteiger partial charge in [0, 0.05) is 27.7 Å². The fourth-order valence-corrected chi connectivity index (χ4v) is 2.99. The molecule has 0 bridgehead atoms. The largest absolute Gasteiger partial charge is 0.384 e. The van der Waals surface area contributed by atoms with Gasteiger partial charge in [-0.05, 0) is 35.7 Å². The summed E-state index contributed by atoms with van der Waals surface area (Å²) in [6.45, 7) is 0. The molecule has 0 fully saturated rings. The number of hydrogen-bond donors (Lipinski definition) is 2. The van der Waals surface area contributed by atoms with Crippen molar-refractivity contribution in [3.05, 3.63) is 63.1 Å². The minimum Gasteiger partial charge on any atom is -0.384 e. The van der Waals surface area contributed by atoms with Crippen molar-refractivity contribution in [3.63, 3.8) is 0 Å². The van der Waals surface area contributed by atoms with Crippen LogP contribution in [-0.2, 0) is 11.2 Å². The van der Waals surface area contributed by atoms with E-state index in [0.717, 1.165) is 16.8 Å². The quantitative estimate of drug-likeness (QED) is 0.879. The molecule has 1 atom stereocenters. The van der Waals surface area contributed by atoms with Crippen molar-refractivity contribution in [3.8, 4) is 0 Å². The summed E-state index contributed by atoms with van der Waals surface area (Å²) in [4.78, 5) is 11.4. The van der Waals surface area contributed by atoms with Crippen molar-refractivity contribution in [2.75, 3.05) is 5.32 Å². The van der Waals surface area contributed by atoms with E-state index >= 15 is 0 Å². The van der Waals surface area contributed by atoms with Crippen LogP contribution in [0.4, 0.5) is 5.69 Å². The third-order valence-corrected chi connectivity index (χ3v) is 4.16. The van der Waals surface area contributed by atoms with E-state index in [4.69, 9.17) is 23.2 Å². The summed E-state index contributed by atoms with van der Waals surface area (Å²) in [5.41, 5.74) is 3.19. The Labute approximate surface area is 132 Å². The lowest BCUT2D eigenvalue weighted by Gasteiger charge is -2.20. The maximum absolute atomic E-state index is 11.4. The maximum atomic E-state index is 11.4. The van der Waals surface area contributed by atoms with E-state index in [1.54, 1.807) is 24.3 Å². The number of benzene rings is 2. The predicted molar refractivity (Wildman–Crippen MR) is 83.9 cm³/mol. The molecule has 3 nitrogen and oxygen atoms in total. The molecule has 1 aliphatic heterocycles. The first kappa shape index (κ1) is 14.4. The summed E-state index contributed by atoms with van der Waals surface area (Å²) >= 11 is 12.0. The normalized spacial score (nSPS) is 15.3. The number of carbonyl (C=O) groups excluding carboxylic acids is 1. The van der Waals surface area contributed by atoms with Crippen molar-refractivity contribution in [2.24, 2.45) is 0 Å². The SMILES string of the molecule is O=C1CCc2cc(C(O)c3ccc(Cl)cc3Cl)ccc2N1. The smallest absolute Gasteiger partial charge is 0.224 e. The lowest BCUT2D eigenvalue weighted by molar-refractivity contribution is -0.116. The van der Waals surface area contributed by atoms with E-state index in [2.05, 4.69) is 5.32 Å². The van der Waals surface area contributed by atoms with Crippen LogP contribution in [0, 0.1) is 0 Å². The number of rotatable bonds is 2. The Balaban J connectivity index is 1.95. The first-order chi connectivity index (χ1) is 10.0. The molecule has 1 unspecified atom stereocenters. The maximum Gasteiger partial charge on any atom is 0.224 e. The van der Waals surface area contributed by atoms with Crippen LogP contribution in [0.3, 0.4) is 0 Å². The molecule has 0 spiro atoms. The highest BCUT2D eigenvalue weighted by molar-refractivity contribution is 6.35. The highest BCUT2D eigenvalue weighted by Crippen LogP contribution is 2.33. The van der Waals surface area contributed by atoms with Gasteiger partial charge >= 0.3 is 0 Å². The molecule has 5 heteroatoms. The Kier molecular flexibility index (Phi) is 3.89. The molecule has 2 aromatic carbocycles. The number of fused-ring (bicyclic) bond motifs is 1. The number of aryl methyl sites for hydroxylation is 1. The third-order valence-electron chi connectivity index (χ3n) is 3.60. The zero-order chi connectivity index (χ0) is 15.0. The second-order valence-corrected chi connectivity index (χ2v) is 5.88. The number of halogens is 2. The summed E-state index contributed by atoms with van der Waals surface area (Å²) in [6, 6.07) is 10.5. The number of aliphatic hydroxyl groups excluding tert-OH is 1. The van der Waals surface area contributed by atoms with Gasteiger partial charge in [0.05, 0.1) is 0 Å². The molecular formula is C16H13Cl2NO2. The Morgan fingerprint density at radius 1 is 1.10 bits per heavy atom. The van der Waals surface area contributed by atoms with Crippen molar-refractivity contribution in [1.82, 2.24) is 0 Å². The number of nitrogens with one attached hydrogen (secondary N) is 1. The van der Waals surface area contributed by atoms with Gasteiger partial charge in [-0.2, -0.15) is 0 Å². The van der Waals surface area contributed by atoms with E-state index in [0.29, 0.717) is 28.5 Å². The molecule has 2 N–H and O–H groups in total. The van der Waals surface area contributed by atoms with Gasteiger partial charge in [0.2, 0.25) is 5.91 Å². The fourth-order valence-electron chi connectivity index (χ4n) is 2.48. The highest BCUT2D eigenvalue weighted by atomic mass is 35.5. The minimum absolute atomic E-state index is 0.0246. The zero-order valence-corrected chi connectivity index (χ0v) is 12.6. The molecule has 0 aliphatic carbocycles. The molecule has 0 radical (unpaired) electrons. The van der Waals surface area contributed by atoms with Gasteiger partial charge < -0.3 is 10.4 Å². The first-order valence-electron chi connectivity index (χ1n) is 6.60. The van der Waals surface area contributed by atoms with E-state index < -0.39 is 6.10 Å². The predicted octanol–water partition coefficient (Wildman–Crippen LogP) is 3.96. The molecule has 0 saturated carbocycles. The molecule has 0 saturated heterocycles. The summed E-state index contributed by atoms with van der Waals surface area (Å²) in [6.07, 6.45) is 0.322. The Morgan fingerprint density at radius 3 is 2.67 bits per heavy atom. The van der Waals surface area contributed by atoms with Crippen LogP contribution in [-0.4, -0.2) is 11.0 Å². The average molecular weight is 322 g/mol. The van der Waals surface area contributed by atoms with Gasteiger partial charge in [-0.1, -0.05) is 41.4 Å². The van der Waals surface area contributed by atoms with Crippen LogP contribution in [0.25, 0.3) is 0 Å². The summed E-state index contributed by atoms with van der Waals surface area (Å²) in [5, 5.41) is 14.3. The number of anilines is 1. The Bertz CT molecular complexity index is 715. The Hall–Kier alpha value is -1.55. The summed E-state index contributed by atoms with van der Waals surface area (Å²) in [7, 11) is 0. The van der Waals surface area contributed by atoms with Crippen LogP contribution < -0.4 is 5.32 Å². The van der Waals surface area contributed by atoms with Gasteiger partial charge in [-0.15, -0.1) is 0 Å². The summed E-state index contributed by atoms with van der Waals surface area (Å²) in [5.74, 6) is 0.0246. The van der Waals surface area contributed by atoms with E-state index in [-0.39, 0.29) is 5.91 Å². The monoisotopic (exact) mass is 321 g/mol. The molecular weight excluding hydrogens is 309 g/mol. The number of hydrogen-bond acceptors (Lipinski definition) is 2. The number of carbonyl (C=O) groups is 1. The molecule has 3 rings (SSSR count). The van der Waals surface area contributed by atoms with Crippen LogP contribution in [0.2, 0.25) is 10.0 Å². The van der Waals surface area contributed by atoms with Crippen LogP contribution in [0.5, 0.6) is 0 Å². The molecule has 108 valence electrons. The molecule has 21 heavy (non-hydrogen) atoms.